The molecule has 0 aromatic carbocycles. The molecule has 2 heterocycles. The van der Waals surface area contributed by atoms with Gasteiger partial charge in [0.05, 0.1) is 12.7 Å². The first-order chi connectivity index (χ1) is 9.35. The third-order valence-corrected chi connectivity index (χ3v) is 4.51. The van der Waals surface area contributed by atoms with Gasteiger partial charge in [-0.15, -0.1) is 0 Å². The predicted octanol–water partition coefficient (Wildman–Crippen LogP) is 1.95. The van der Waals surface area contributed by atoms with Crippen LogP contribution in [0.1, 0.15) is 26.1 Å². The normalized spacial score (nSPS) is 21.5. The third kappa shape index (κ3) is 4.23. The maximum absolute atomic E-state index is 5.94. The number of ether oxygens (including phenoxy) is 1. The average Bonchev–Trinajstić information content (AvgIpc) is 2.91. The lowest BCUT2D eigenvalue weighted by Crippen LogP contribution is -2.46. The summed E-state index contributed by atoms with van der Waals surface area (Å²) in [5.74, 6) is 3.38. The number of thioether (sulfide) groups is 1. The maximum Gasteiger partial charge on any atom is 0.110 e. The summed E-state index contributed by atoms with van der Waals surface area (Å²) in [6.45, 7) is 7.26. The van der Waals surface area contributed by atoms with Gasteiger partial charge < -0.3 is 14.6 Å². The van der Waals surface area contributed by atoms with E-state index in [1.165, 1.54) is 0 Å². The van der Waals surface area contributed by atoms with Crippen molar-refractivity contribution in [3.05, 3.63) is 18.2 Å². The summed E-state index contributed by atoms with van der Waals surface area (Å²) in [6.07, 6.45) is 6.37. The van der Waals surface area contributed by atoms with E-state index in [9.17, 15) is 0 Å². The van der Waals surface area contributed by atoms with E-state index in [4.69, 9.17) is 4.74 Å². The first-order valence-electron chi connectivity index (χ1n) is 7.27. The van der Waals surface area contributed by atoms with E-state index >= 15 is 0 Å². The Balaban J connectivity index is 1.99. The highest BCUT2D eigenvalue weighted by molar-refractivity contribution is 7.99. The van der Waals surface area contributed by atoms with Crippen molar-refractivity contribution in [2.75, 3.05) is 24.7 Å². The summed E-state index contributed by atoms with van der Waals surface area (Å²) in [5.41, 5.74) is 0. The van der Waals surface area contributed by atoms with Crippen LogP contribution in [-0.2, 0) is 17.7 Å². The molecule has 5 heteroatoms. The van der Waals surface area contributed by atoms with Crippen molar-refractivity contribution in [1.29, 1.82) is 0 Å². The van der Waals surface area contributed by atoms with Crippen LogP contribution < -0.4 is 5.32 Å². The molecule has 0 bridgehead atoms. The Kier molecular flexibility index (Phi) is 6.20. The number of rotatable bonds is 7. The van der Waals surface area contributed by atoms with Crippen LogP contribution >= 0.6 is 11.8 Å². The molecule has 0 amide bonds. The van der Waals surface area contributed by atoms with E-state index in [0.717, 1.165) is 49.9 Å². The fourth-order valence-corrected chi connectivity index (χ4v) is 3.36. The molecule has 108 valence electrons. The van der Waals surface area contributed by atoms with Gasteiger partial charge in [-0.2, -0.15) is 11.8 Å². The van der Waals surface area contributed by atoms with Crippen LogP contribution in [0.15, 0.2) is 12.4 Å². The highest BCUT2D eigenvalue weighted by atomic mass is 32.2. The summed E-state index contributed by atoms with van der Waals surface area (Å²) in [4.78, 5) is 4.49. The number of aromatic nitrogens is 2. The summed E-state index contributed by atoms with van der Waals surface area (Å²) < 4.78 is 8.16. The minimum absolute atomic E-state index is 0.312. The number of nitrogens with zero attached hydrogens (tertiary/aromatic N) is 2. The first-order valence-corrected chi connectivity index (χ1v) is 8.43. The number of hydrogen-bond donors (Lipinski definition) is 1. The molecule has 19 heavy (non-hydrogen) atoms. The molecule has 0 saturated carbocycles. The van der Waals surface area contributed by atoms with Gasteiger partial charge in [0, 0.05) is 42.9 Å². The van der Waals surface area contributed by atoms with Crippen molar-refractivity contribution in [3.8, 4) is 0 Å². The molecule has 1 aliphatic rings. The van der Waals surface area contributed by atoms with E-state index in [2.05, 4.69) is 34.9 Å². The van der Waals surface area contributed by atoms with Crippen LogP contribution in [-0.4, -0.2) is 46.4 Å². The number of aryl methyl sites for hydroxylation is 1. The molecule has 1 aliphatic heterocycles. The van der Waals surface area contributed by atoms with E-state index in [1.54, 1.807) is 0 Å². The molecule has 1 aromatic heterocycles. The minimum Gasteiger partial charge on any atom is -0.375 e. The van der Waals surface area contributed by atoms with Gasteiger partial charge in [0.2, 0.25) is 0 Å². The van der Waals surface area contributed by atoms with Crippen molar-refractivity contribution in [2.45, 2.75) is 45.4 Å². The van der Waals surface area contributed by atoms with Crippen LogP contribution in [0.2, 0.25) is 0 Å². The number of imidazole rings is 1. The van der Waals surface area contributed by atoms with E-state index in [1.807, 2.05) is 18.0 Å². The Bertz CT molecular complexity index is 363. The van der Waals surface area contributed by atoms with Gasteiger partial charge in [0.15, 0.2) is 0 Å². The molecule has 2 atom stereocenters. The molecule has 1 saturated heterocycles. The number of nitrogens with one attached hydrogen (secondary N) is 1. The molecule has 1 fully saturated rings. The topological polar surface area (TPSA) is 39.1 Å². The Morgan fingerprint density at radius 2 is 2.47 bits per heavy atom. The molecule has 2 rings (SSSR count). The van der Waals surface area contributed by atoms with Crippen LogP contribution in [0, 0.1) is 0 Å². The maximum atomic E-state index is 5.94. The standard InChI is InChI=1S/C14H25N3OS/c1-3-5-15-12(13-11-19-9-8-18-13)10-14-16-6-7-17(14)4-2/h6-7,12-13,15H,3-5,8-11H2,1-2H3. The second-order valence-corrected chi connectivity index (χ2v) is 6.03. The second-order valence-electron chi connectivity index (χ2n) is 4.88. The Hall–Kier alpha value is -0.520. The van der Waals surface area contributed by atoms with E-state index in [-0.39, 0.29) is 0 Å². The molecule has 4 nitrogen and oxygen atoms in total. The van der Waals surface area contributed by atoms with E-state index < -0.39 is 0 Å². The zero-order valence-corrected chi connectivity index (χ0v) is 12.8. The highest BCUT2D eigenvalue weighted by Gasteiger charge is 2.25. The van der Waals surface area contributed by atoms with Crippen molar-refractivity contribution < 1.29 is 4.74 Å². The zero-order valence-electron chi connectivity index (χ0n) is 12.0. The number of hydrogen-bond acceptors (Lipinski definition) is 4. The minimum atomic E-state index is 0.312. The lowest BCUT2D eigenvalue weighted by atomic mass is 10.1. The monoisotopic (exact) mass is 283 g/mol. The fraction of sp³-hybridized carbons (Fsp3) is 0.786. The Morgan fingerprint density at radius 3 is 3.16 bits per heavy atom. The molecule has 1 aromatic rings. The van der Waals surface area contributed by atoms with Crippen LogP contribution in [0.4, 0.5) is 0 Å². The fourth-order valence-electron chi connectivity index (χ4n) is 2.42. The average molecular weight is 283 g/mol. The van der Waals surface area contributed by atoms with Crippen molar-refractivity contribution in [2.24, 2.45) is 0 Å². The van der Waals surface area contributed by atoms with Crippen molar-refractivity contribution in [3.63, 3.8) is 0 Å². The molecule has 0 radical (unpaired) electrons. The van der Waals surface area contributed by atoms with Gasteiger partial charge in [0.1, 0.15) is 5.82 Å². The Labute approximate surface area is 120 Å². The van der Waals surface area contributed by atoms with E-state index in [0.29, 0.717) is 12.1 Å². The summed E-state index contributed by atoms with van der Waals surface area (Å²) in [5, 5.41) is 3.64. The third-order valence-electron chi connectivity index (χ3n) is 3.49. The zero-order chi connectivity index (χ0) is 13.5. The lowest BCUT2D eigenvalue weighted by Gasteiger charge is -2.31. The van der Waals surface area contributed by atoms with Gasteiger partial charge in [0.25, 0.3) is 0 Å². The van der Waals surface area contributed by atoms with Gasteiger partial charge in [-0.1, -0.05) is 6.92 Å². The molecule has 0 aliphatic carbocycles. The highest BCUT2D eigenvalue weighted by Crippen LogP contribution is 2.18. The molecular weight excluding hydrogens is 258 g/mol. The Morgan fingerprint density at radius 1 is 1.58 bits per heavy atom. The van der Waals surface area contributed by atoms with Gasteiger partial charge in [-0.05, 0) is 19.9 Å². The van der Waals surface area contributed by atoms with Crippen LogP contribution in [0.25, 0.3) is 0 Å². The molecule has 0 spiro atoms. The molecule has 1 N–H and O–H groups in total. The smallest absolute Gasteiger partial charge is 0.110 e. The van der Waals surface area contributed by atoms with Gasteiger partial charge in [-0.3, -0.25) is 0 Å². The molecular formula is C14H25N3OS. The molecule has 2 unspecified atom stereocenters. The lowest BCUT2D eigenvalue weighted by molar-refractivity contribution is 0.0465. The SMILES string of the molecule is CCCNC(Cc1nccn1CC)C1CSCCO1. The summed E-state index contributed by atoms with van der Waals surface area (Å²) >= 11 is 2.00. The first kappa shape index (κ1) is 14.9. The predicted molar refractivity (Wildman–Crippen MR) is 80.8 cm³/mol. The van der Waals surface area contributed by atoms with Crippen LogP contribution in [0.3, 0.4) is 0 Å². The quantitative estimate of drug-likeness (QED) is 0.830. The van der Waals surface area contributed by atoms with Crippen molar-refractivity contribution in [1.82, 2.24) is 14.9 Å². The van der Waals surface area contributed by atoms with Crippen LogP contribution in [0.5, 0.6) is 0 Å². The summed E-state index contributed by atoms with van der Waals surface area (Å²) in [6, 6.07) is 0.375. The van der Waals surface area contributed by atoms with Gasteiger partial charge >= 0.3 is 0 Å². The largest absolute Gasteiger partial charge is 0.375 e. The summed E-state index contributed by atoms with van der Waals surface area (Å²) in [7, 11) is 0. The van der Waals surface area contributed by atoms with Gasteiger partial charge in [-0.25, -0.2) is 4.98 Å². The van der Waals surface area contributed by atoms with Crippen molar-refractivity contribution >= 4 is 11.8 Å². The second kappa shape index (κ2) is 7.92.